The fourth-order valence-electron chi connectivity index (χ4n) is 3.30. The number of hydrogen-bond donors (Lipinski definition) is 1. The molecule has 0 fully saturated rings. The van der Waals surface area contributed by atoms with Crippen LogP contribution >= 0.6 is 0 Å². The number of fused-ring (bicyclic) bond motifs is 1. The van der Waals surface area contributed by atoms with Crippen LogP contribution in [0.25, 0.3) is 17.0 Å². The maximum atomic E-state index is 12.4. The summed E-state index contributed by atoms with van der Waals surface area (Å²) in [7, 11) is 1.59. The van der Waals surface area contributed by atoms with E-state index in [-0.39, 0.29) is 11.9 Å². The number of pyridine rings is 1. The number of nitrogens with one attached hydrogen (secondary N) is 1. The van der Waals surface area contributed by atoms with Crippen molar-refractivity contribution in [2.24, 2.45) is 0 Å². The van der Waals surface area contributed by atoms with E-state index in [0.29, 0.717) is 23.9 Å². The van der Waals surface area contributed by atoms with Crippen molar-refractivity contribution in [2.75, 3.05) is 7.11 Å². The number of para-hydroxylation sites is 1. The lowest BCUT2D eigenvalue weighted by atomic mass is 10.1. The standard InChI is InChI=1S/C26H24N2O4/c1-18(28-26(29)10-8-22-15-21-5-3-4-6-23(21)32-22)20-7-9-24(25(16-20)30-2)31-17-19-11-13-27-14-12-19/h3-16,18H,17H2,1-2H3,(H,28,29)/b10-8+. The Labute approximate surface area is 186 Å². The molecule has 6 heteroatoms. The highest BCUT2D eigenvalue weighted by Gasteiger charge is 2.12. The van der Waals surface area contributed by atoms with Gasteiger partial charge in [0.15, 0.2) is 11.5 Å². The molecule has 0 bridgehead atoms. The van der Waals surface area contributed by atoms with Crippen molar-refractivity contribution in [3.63, 3.8) is 0 Å². The molecule has 0 aliphatic rings. The average molecular weight is 428 g/mol. The van der Waals surface area contributed by atoms with Gasteiger partial charge in [0.25, 0.3) is 0 Å². The second-order valence-electron chi connectivity index (χ2n) is 7.30. The summed E-state index contributed by atoms with van der Waals surface area (Å²) < 4.78 is 17.1. The minimum absolute atomic E-state index is 0.213. The highest BCUT2D eigenvalue weighted by Crippen LogP contribution is 2.31. The summed E-state index contributed by atoms with van der Waals surface area (Å²) in [4.78, 5) is 16.4. The van der Waals surface area contributed by atoms with Crippen molar-refractivity contribution < 1.29 is 18.7 Å². The molecule has 2 heterocycles. The van der Waals surface area contributed by atoms with Gasteiger partial charge in [0.2, 0.25) is 5.91 Å². The second kappa shape index (κ2) is 9.83. The third-order valence-electron chi connectivity index (χ3n) is 5.03. The molecular weight excluding hydrogens is 404 g/mol. The van der Waals surface area contributed by atoms with Crippen LogP contribution in [0, 0.1) is 0 Å². The molecule has 162 valence electrons. The van der Waals surface area contributed by atoms with Gasteiger partial charge in [0.1, 0.15) is 18.0 Å². The second-order valence-corrected chi connectivity index (χ2v) is 7.30. The molecule has 1 atom stereocenters. The number of carbonyl (C=O) groups excluding carboxylic acids is 1. The molecule has 1 unspecified atom stereocenters. The predicted octanol–water partition coefficient (Wildman–Crippen LogP) is 5.31. The van der Waals surface area contributed by atoms with E-state index in [9.17, 15) is 4.79 Å². The summed E-state index contributed by atoms with van der Waals surface area (Å²) in [6.07, 6.45) is 6.59. The van der Waals surface area contributed by atoms with E-state index in [1.807, 2.05) is 67.6 Å². The van der Waals surface area contributed by atoms with Crippen molar-refractivity contribution in [1.29, 1.82) is 0 Å². The van der Waals surface area contributed by atoms with Gasteiger partial charge in [-0.05, 0) is 60.5 Å². The summed E-state index contributed by atoms with van der Waals surface area (Å²) in [6.45, 7) is 2.33. The molecule has 6 nitrogen and oxygen atoms in total. The third-order valence-corrected chi connectivity index (χ3v) is 5.03. The Morgan fingerprint density at radius 1 is 1.09 bits per heavy atom. The Hall–Kier alpha value is -4.06. The number of nitrogens with zero attached hydrogens (tertiary/aromatic N) is 1. The molecule has 32 heavy (non-hydrogen) atoms. The smallest absolute Gasteiger partial charge is 0.244 e. The number of rotatable bonds is 8. The van der Waals surface area contributed by atoms with Gasteiger partial charge in [-0.25, -0.2) is 0 Å². The van der Waals surface area contributed by atoms with Crippen molar-refractivity contribution in [3.05, 3.63) is 96.0 Å². The van der Waals surface area contributed by atoms with Crippen LogP contribution in [0.4, 0.5) is 0 Å². The Morgan fingerprint density at radius 2 is 1.91 bits per heavy atom. The van der Waals surface area contributed by atoms with Crippen molar-refractivity contribution >= 4 is 23.0 Å². The fourth-order valence-corrected chi connectivity index (χ4v) is 3.30. The number of amides is 1. The highest BCUT2D eigenvalue weighted by molar-refractivity contribution is 5.92. The van der Waals surface area contributed by atoms with Crippen LogP contribution in [0.3, 0.4) is 0 Å². The molecule has 0 aliphatic carbocycles. The third kappa shape index (κ3) is 5.16. The first-order valence-electron chi connectivity index (χ1n) is 10.3. The largest absolute Gasteiger partial charge is 0.493 e. The van der Waals surface area contributed by atoms with Crippen LogP contribution in [0.1, 0.15) is 29.9 Å². The van der Waals surface area contributed by atoms with Crippen LogP contribution < -0.4 is 14.8 Å². The Morgan fingerprint density at radius 3 is 2.69 bits per heavy atom. The zero-order valence-electron chi connectivity index (χ0n) is 17.9. The van der Waals surface area contributed by atoms with Crippen LogP contribution in [0.15, 0.2) is 83.6 Å². The number of benzene rings is 2. The summed E-state index contributed by atoms with van der Waals surface area (Å²) in [6, 6.07) is 18.8. The summed E-state index contributed by atoms with van der Waals surface area (Å²) in [5.41, 5.74) is 2.71. The van der Waals surface area contributed by atoms with Gasteiger partial charge >= 0.3 is 0 Å². The molecule has 0 saturated carbocycles. The summed E-state index contributed by atoms with van der Waals surface area (Å²) >= 11 is 0. The number of carbonyl (C=O) groups is 1. The number of hydrogen-bond acceptors (Lipinski definition) is 5. The van der Waals surface area contributed by atoms with Gasteiger partial charge in [-0.2, -0.15) is 0 Å². The van der Waals surface area contributed by atoms with Crippen molar-refractivity contribution in [2.45, 2.75) is 19.6 Å². The molecule has 2 aromatic carbocycles. The molecule has 0 saturated heterocycles. The van der Waals surface area contributed by atoms with Gasteiger partial charge in [-0.3, -0.25) is 9.78 Å². The number of ether oxygens (including phenoxy) is 2. The number of furan rings is 1. The normalized spacial score (nSPS) is 12.1. The van der Waals surface area contributed by atoms with Gasteiger partial charge in [-0.15, -0.1) is 0 Å². The van der Waals surface area contributed by atoms with Gasteiger partial charge in [0, 0.05) is 23.9 Å². The molecule has 0 radical (unpaired) electrons. The molecule has 2 aromatic heterocycles. The first-order valence-corrected chi connectivity index (χ1v) is 10.3. The van der Waals surface area contributed by atoms with Crippen LogP contribution in [-0.4, -0.2) is 18.0 Å². The molecule has 1 amide bonds. The predicted molar refractivity (Wildman–Crippen MR) is 123 cm³/mol. The maximum Gasteiger partial charge on any atom is 0.244 e. The molecule has 0 spiro atoms. The first kappa shape index (κ1) is 21.2. The minimum atomic E-state index is -0.217. The molecule has 0 aliphatic heterocycles. The van der Waals surface area contributed by atoms with E-state index >= 15 is 0 Å². The lowest BCUT2D eigenvalue weighted by molar-refractivity contribution is -0.117. The van der Waals surface area contributed by atoms with E-state index in [4.69, 9.17) is 13.9 Å². The van der Waals surface area contributed by atoms with Gasteiger partial charge in [-0.1, -0.05) is 24.3 Å². The quantitative estimate of drug-likeness (QED) is 0.385. The lowest BCUT2D eigenvalue weighted by Gasteiger charge is -2.16. The fraction of sp³-hybridized carbons (Fsp3) is 0.154. The van der Waals surface area contributed by atoms with Crippen LogP contribution in [-0.2, 0) is 11.4 Å². The molecule has 4 aromatic rings. The Balaban J connectivity index is 1.38. The van der Waals surface area contributed by atoms with E-state index < -0.39 is 0 Å². The van der Waals surface area contributed by atoms with Crippen molar-refractivity contribution in [1.82, 2.24) is 10.3 Å². The number of methoxy groups -OCH3 is 1. The average Bonchev–Trinajstić information content (AvgIpc) is 3.25. The monoisotopic (exact) mass is 428 g/mol. The molecule has 1 N–H and O–H groups in total. The zero-order valence-corrected chi connectivity index (χ0v) is 17.9. The van der Waals surface area contributed by atoms with Crippen LogP contribution in [0.2, 0.25) is 0 Å². The first-order chi connectivity index (χ1) is 15.6. The number of aromatic nitrogens is 1. The summed E-state index contributed by atoms with van der Waals surface area (Å²) in [5, 5.41) is 3.96. The zero-order chi connectivity index (χ0) is 22.3. The van der Waals surface area contributed by atoms with E-state index in [1.54, 1.807) is 25.6 Å². The summed E-state index contributed by atoms with van der Waals surface area (Å²) in [5.74, 6) is 1.66. The lowest BCUT2D eigenvalue weighted by Crippen LogP contribution is -2.24. The maximum absolute atomic E-state index is 12.4. The topological polar surface area (TPSA) is 73.6 Å². The van der Waals surface area contributed by atoms with Gasteiger partial charge < -0.3 is 19.2 Å². The van der Waals surface area contributed by atoms with Crippen LogP contribution in [0.5, 0.6) is 11.5 Å². The van der Waals surface area contributed by atoms with E-state index in [0.717, 1.165) is 22.1 Å². The van der Waals surface area contributed by atoms with E-state index in [2.05, 4.69) is 10.3 Å². The molecular formula is C26H24N2O4. The Bertz CT molecular complexity index is 1200. The Kier molecular flexibility index (Phi) is 6.51. The highest BCUT2D eigenvalue weighted by atomic mass is 16.5. The minimum Gasteiger partial charge on any atom is -0.493 e. The SMILES string of the molecule is COc1cc(C(C)NC(=O)/C=C/c2cc3ccccc3o2)ccc1OCc1ccncc1. The van der Waals surface area contributed by atoms with E-state index in [1.165, 1.54) is 6.08 Å². The molecule has 4 rings (SSSR count). The van der Waals surface area contributed by atoms with Crippen molar-refractivity contribution in [3.8, 4) is 11.5 Å². The van der Waals surface area contributed by atoms with Gasteiger partial charge in [0.05, 0.1) is 13.2 Å².